The summed E-state index contributed by atoms with van der Waals surface area (Å²) in [5.74, 6) is -0.902. The highest BCUT2D eigenvalue weighted by molar-refractivity contribution is 8.00. The van der Waals surface area contributed by atoms with Crippen molar-refractivity contribution >= 4 is 24.0 Å². The number of hydrogen-bond donors (Lipinski definition) is 1. The van der Waals surface area contributed by atoms with Gasteiger partial charge in [0.25, 0.3) is 0 Å². The molecule has 0 fully saturated rings. The maximum absolute atomic E-state index is 10.7. The van der Waals surface area contributed by atoms with Crippen LogP contribution in [0.25, 0.3) is 0 Å². The topological polar surface area (TPSA) is 54.4 Å². The van der Waals surface area contributed by atoms with E-state index >= 15 is 0 Å². The summed E-state index contributed by atoms with van der Waals surface area (Å²) >= 11 is 1.18. The summed E-state index contributed by atoms with van der Waals surface area (Å²) in [5.41, 5.74) is 1.48. The third-order valence-electron chi connectivity index (χ3n) is 1.71. The van der Waals surface area contributed by atoms with E-state index in [1.165, 1.54) is 11.8 Å². The van der Waals surface area contributed by atoms with E-state index in [-0.39, 0.29) is 5.75 Å². The minimum Gasteiger partial charge on any atom is -0.481 e. The average Bonchev–Trinajstić information content (AvgIpc) is 2.15. The molecule has 0 radical (unpaired) electrons. The molecule has 0 aliphatic heterocycles. The molecular weight excluding hydrogens is 200 g/mol. The number of aliphatic carboxylic acids is 1. The van der Waals surface area contributed by atoms with E-state index in [9.17, 15) is 9.59 Å². The molecule has 0 saturated carbocycles. The van der Waals surface area contributed by atoms with Crippen LogP contribution in [0.4, 0.5) is 0 Å². The van der Waals surface area contributed by atoms with Gasteiger partial charge in [0.2, 0.25) is 0 Å². The van der Waals surface area contributed by atoms with Crippen molar-refractivity contribution in [1.82, 2.24) is 0 Å². The molecule has 0 aromatic heterocycles. The zero-order chi connectivity index (χ0) is 10.6. The summed E-state index contributed by atoms with van der Waals surface area (Å²) in [6.45, 7) is 1.86. The summed E-state index contributed by atoms with van der Waals surface area (Å²) in [6.07, 6.45) is 0.747. The largest absolute Gasteiger partial charge is 0.481 e. The van der Waals surface area contributed by atoms with E-state index in [1.54, 1.807) is 12.1 Å². The van der Waals surface area contributed by atoms with Gasteiger partial charge in [0.15, 0.2) is 6.29 Å². The Balaban J connectivity index is 2.93. The first-order chi connectivity index (χ1) is 6.65. The lowest BCUT2D eigenvalue weighted by atomic mass is 10.1. The van der Waals surface area contributed by atoms with Crippen LogP contribution in [-0.2, 0) is 4.79 Å². The zero-order valence-electron chi connectivity index (χ0n) is 7.69. The number of benzene rings is 1. The number of aryl methyl sites for hydroxylation is 1. The molecule has 0 saturated heterocycles. The molecule has 0 amide bonds. The molecule has 3 nitrogen and oxygen atoms in total. The van der Waals surface area contributed by atoms with Crippen LogP contribution in [0.2, 0.25) is 0 Å². The number of rotatable bonds is 4. The highest BCUT2D eigenvalue weighted by Crippen LogP contribution is 2.25. The first-order valence-corrected chi connectivity index (χ1v) is 5.03. The van der Waals surface area contributed by atoms with Crippen molar-refractivity contribution in [3.63, 3.8) is 0 Å². The second-order valence-electron chi connectivity index (χ2n) is 2.79. The second-order valence-corrected chi connectivity index (χ2v) is 3.78. The summed E-state index contributed by atoms with van der Waals surface area (Å²) in [4.78, 5) is 21.8. The van der Waals surface area contributed by atoms with Crippen molar-refractivity contribution in [2.75, 3.05) is 5.75 Å². The fraction of sp³-hybridized carbons (Fsp3) is 0.200. The Morgan fingerprint density at radius 2 is 2.29 bits per heavy atom. The summed E-state index contributed by atoms with van der Waals surface area (Å²) in [6, 6.07) is 5.32. The van der Waals surface area contributed by atoms with Crippen molar-refractivity contribution < 1.29 is 14.7 Å². The van der Waals surface area contributed by atoms with Crippen LogP contribution < -0.4 is 0 Å². The third-order valence-corrected chi connectivity index (χ3v) is 2.95. The molecule has 74 valence electrons. The van der Waals surface area contributed by atoms with E-state index in [0.29, 0.717) is 5.56 Å². The number of thioether (sulfide) groups is 1. The van der Waals surface area contributed by atoms with Gasteiger partial charge in [-0.15, -0.1) is 11.8 Å². The smallest absolute Gasteiger partial charge is 0.313 e. The van der Waals surface area contributed by atoms with Gasteiger partial charge in [-0.1, -0.05) is 18.2 Å². The monoisotopic (exact) mass is 210 g/mol. The normalized spacial score (nSPS) is 9.79. The molecule has 0 unspecified atom stereocenters. The fourth-order valence-corrected chi connectivity index (χ4v) is 1.95. The maximum Gasteiger partial charge on any atom is 0.313 e. The van der Waals surface area contributed by atoms with Crippen LogP contribution in [-0.4, -0.2) is 23.1 Å². The molecule has 4 heteroatoms. The Morgan fingerprint density at radius 3 is 2.86 bits per heavy atom. The van der Waals surface area contributed by atoms with Gasteiger partial charge in [-0.25, -0.2) is 0 Å². The van der Waals surface area contributed by atoms with Gasteiger partial charge in [-0.2, -0.15) is 0 Å². The molecule has 1 aromatic carbocycles. The van der Waals surface area contributed by atoms with Gasteiger partial charge >= 0.3 is 5.97 Å². The molecular formula is C10H10O3S. The van der Waals surface area contributed by atoms with E-state index in [0.717, 1.165) is 16.7 Å². The van der Waals surface area contributed by atoms with Gasteiger partial charge in [0, 0.05) is 10.5 Å². The van der Waals surface area contributed by atoms with Crippen LogP contribution in [0.3, 0.4) is 0 Å². The van der Waals surface area contributed by atoms with Gasteiger partial charge in [-0.05, 0) is 12.5 Å². The van der Waals surface area contributed by atoms with Gasteiger partial charge in [-0.3, -0.25) is 9.59 Å². The van der Waals surface area contributed by atoms with E-state index in [2.05, 4.69) is 0 Å². The number of aldehydes is 1. The van der Waals surface area contributed by atoms with Crippen LogP contribution in [0.5, 0.6) is 0 Å². The molecule has 0 atom stereocenters. The number of carbonyl (C=O) groups is 2. The number of carboxylic acids is 1. The number of carboxylic acid groups (broad SMARTS) is 1. The Kier molecular flexibility index (Phi) is 3.71. The number of hydrogen-bond acceptors (Lipinski definition) is 3. The molecule has 1 rings (SSSR count). The quantitative estimate of drug-likeness (QED) is 0.610. The SMILES string of the molecule is Cc1cccc(C=O)c1SCC(=O)O. The minimum atomic E-state index is -0.880. The molecule has 0 heterocycles. The maximum atomic E-state index is 10.7. The van der Waals surface area contributed by atoms with E-state index < -0.39 is 5.97 Å². The molecule has 14 heavy (non-hydrogen) atoms. The molecule has 1 aromatic rings. The average molecular weight is 210 g/mol. The Labute approximate surface area is 86.1 Å². The van der Waals surface area contributed by atoms with Crippen LogP contribution in [0.1, 0.15) is 15.9 Å². The summed E-state index contributed by atoms with van der Waals surface area (Å²) in [7, 11) is 0. The fourth-order valence-electron chi connectivity index (χ4n) is 1.10. The minimum absolute atomic E-state index is 0.0221. The third kappa shape index (κ3) is 2.60. The highest BCUT2D eigenvalue weighted by Gasteiger charge is 2.07. The standard InChI is InChI=1S/C10H10O3S/c1-7-3-2-4-8(5-11)10(7)14-6-9(12)13/h2-5H,6H2,1H3,(H,12,13). The van der Waals surface area contributed by atoms with Crippen molar-refractivity contribution in [3.8, 4) is 0 Å². The Hall–Kier alpha value is -1.29. The second kappa shape index (κ2) is 4.81. The van der Waals surface area contributed by atoms with Gasteiger partial charge < -0.3 is 5.11 Å². The van der Waals surface area contributed by atoms with Crippen molar-refractivity contribution in [3.05, 3.63) is 29.3 Å². The lowest BCUT2D eigenvalue weighted by molar-refractivity contribution is -0.133. The van der Waals surface area contributed by atoms with E-state index in [4.69, 9.17) is 5.11 Å². The predicted octanol–water partition coefficient (Wildman–Crippen LogP) is 1.98. The van der Waals surface area contributed by atoms with Crippen LogP contribution in [0, 0.1) is 6.92 Å². The van der Waals surface area contributed by atoms with Crippen LogP contribution >= 0.6 is 11.8 Å². The first kappa shape index (κ1) is 10.8. The first-order valence-electron chi connectivity index (χ1n) is 4.04. The van der Waals surface area contributed by atoms with Gasteiger partial charge in [0.1, 0.15) is 0 Å². The molecule has 0 aliphatic carbocycles. The highest BCUT2D eigenvalue weighted by atomic mass is 32.2. The lowest BCUT2D eigenvalue weighted by Crippen LogP contribution is -1.99. The lowest BCUT2D eigenvalue weighted by Gasteiger charge is -2.05. The zero-order valence-corrected chi connectivity index (χ0v) is 8.50. The van der Waals surface area contributed by atoms with Crippen molar-refractivity contribution in [2.45, 2.75) is 11.8 Å². The Bertz CT molecular complexity index is 360. The van der Waals surface area contributed by atoms with Gasteiger partial charge in [0.05, 0.1) is 5.75 Å². The van der Waals surface area contributed by atoms with Crippen molar-refractivity contribution in [2.24, 2.45) is 0 Å². The predicted molar refractivity (Wildman–Crippen MR) is 54.9 cm³/mol. The molecule has 1 N–H and O–H groups in total. The van der Waals surface area contributed by atoms with Crippen LogP contribution in [0.15, 0.2) is 23.1 Å². The van der Waals surface area contributed by atoms with E-state index in [1.807, 2.05) is 13.0 Å². The molecule has 0 spiro atoms. The van der Waals surface area contributed by atoms with Crippen molar-refractivity contribution in [1.29, 1.82) is 0 Å². The number of carbonyl (C=O) groups excluding carboxylic acids is 1. The summed E-state index contributed by atoms with van der Waals surface area (Å²) < 4.78 is 0. The molecule has 0 bridgehead atoms. The molecule has 0 aliphatic rings. The Morgan fingerprint density at radius 1 is 1.57 bits per heavy atom. The summed E-state index contributed by atoms with van der Waals surface area (Å²) in [5, 5.41) is 8.52.